The molecule has 4 atom stereocenters. The largest absolute Gasteiger partial charge is 0.390 e. The first-order valence-electron chi connectivity index (χ1n) is 15.8. The number of benzene rings is 1. The number of hydrogen-bond donors (Lipinski definition) is 3. The Morgan fingerprint density at radius 1 is 1.07 bits per heavy atom. The van der Waals surface area contributed by atoms with Crippen LogP contribution in [0.1, 0.15) is 83.9 Å². The van der Waals surface area contributed by atoms with Crippen molar-refractivity contribution in [3.05, 3.63) is 47.9 Å². The predicted octanol–water partition coefficient (Wildman–Crippen LogP) is 5.44. The number of anilines is 1. The van der Waals surface area contributed by atoms with E-state index in [4.69, 9.17) is 10.7 Å². The molecule has 8 heteroatoms. The highest BCUT2D eigenvalue weighted by Gasteiger charge is 2.45. The minimum Gasteiger partial charge on any atom is -0.390 e. The summed E-state index contributed by atoms with van der Waals surface area (Å²) in [6, 6.07) is 9.03. The minimum absolute atomic E-state index is 0.00349. The number of nitrogens with zero attached hydrogens (tertiary/aromatic N) is 5. The van der Waals surface area contributed by atoms with Crippen LogP contribution in [0, 0.1) is 17.8 Å². The van der Waals surface area contributed by atoms with Crippen LogP contribution in [0.15, 0.2) is 41.8 Å². The van der Waals surface area contributed by atoms with Crippen LogP contribution in [0.5, 0.6) is 0 Å². The summed E-state index contributed by atoms with van der Waals surface area (Å²) in [5, 5.41) is 23.0. The normalized spacial score (nSPS) is 27.6. The number of fused-ring (bicyclic) bond motifs is 2. The Labute approximate surface area is 250 Å². The highest BCUT2D eigenvalue weighted by atomic mass is 16.3. The van der Waals surface area contributed by atoms with Crippen LogP contribution in [0.2, 0.25) is 0 Å². The molecule has 0 bridgehead atoms. The van der Waals surface area contributed by atoms with Gasteiger partial charge in [0.15, 0.2) is 0 Å². The van der Waals surface area contributed by atoms with Gasteiger partial charge in [0, 0.05) is 43.4 Å². The topological polar surface area (TPSA) is 113 Å². The van der Waals surface area contributed by atoms with E-state index in [-0.39, 0.29) is 17.4 Å². The molecule has 0 saturated heterocycles. The third-order valence-corrected chi connectivity index (χ3v) is 9.93. The van der Waals surface area contributed by atoms with Crippen molar-refractivity contribution < 1.29 is 10.2 Å². The van der Waals surface area contributed by atoms with Crippen LogP contribution < -0.4 is 5.73 Å². The SMILES string of the molecule is CC(C)CN(C[C@H]1C[C@@H](n2ccc3c(N)ncnc32)[C@H](O)[C@@H]1O)C1CC(CCC2=Nc3cc(C(C)(C)C)ccc3C2)C1. The minimum atomic E-state index is -0.840. The number of nitrogens with two attached hydrogens (primary N) is 1. The number of aliphatic imine (C=N–C) groups is 1. The average molecular weight is 573 g/mol. The number of aliphatic hydroxyl groups is 2. The van der Waals surface area contributed by atoms with Crippen molar-refractivity contribution in [3.63, 3.8) is 0 Å². The van der Waals surface area contributed by atoms with Gasteiger partial charge in [-0.3, -0.25) is 9.89 Å². The molecule has 2 fully saturated rings. The van der Waals surface area contributed by atoms with Gasteiger partial charge in [0.25, 0.3) is 0 Å². The van der Waals surface area contributed by atoms with Crippen molar-refractivity contribution >= 4 is 28.3 Å². The fourth-order valence-corrected chi connectivity index (χ4v) is 7.42. The summed E-state index contributed by atoms with van der Waals surface area (Å²) in [4.78, 5) is 16.1. The lowest BCUT2D eigenvalue weighted by molar-refractivity contribution is -0.0131. The summed E-state index contributed by atoms with van der Waals surface area (Å²) < 4.78 is 1.97. The molecule has 8 nitrogen and oxygen atoms in total. The highest BCUT2D eigenvalue weighted by Crippen LogP contribution is 2.42. The monoisotopic (exact) mass is 572 g/mol. The van der Waals surface area contributed by atoms with E-state index >= 15 is 0 Å². The number of hydrogen-bond acceptors (Lipinski definition) is 7. The molecule has 3 aromatic rings. The zero-order chi connectivity index (χ0) is 29.8. The smallest absolute Gasteiger partial charge is 0.145 e. The average Bonchev–Trinajstić information content (AvgIpc) is 3.59. The van der Waals surface area contributed by atoms with Crippen molar-refractivity contribution in [1.29, 1.82) is 0 Å². The molecule has 0 amide bonds. The van der Waals surface area contributed by atoms with Gasteiger partial charge in [-0.15, -0.1) is 0 Å². The van der Waals surface area contributed by atoms with E-state index in [0.29, 0.717) is 29.8 Å². The van der Waals surface area contributed by atoms with E-state index in [0.717, 1.165) is 37.2 Å². The van der Waals surface area contributed by atoms with Gasteiger partial charge in [0.05, 0.1) is 23.2 Å². The first kappa shape index (κ1) is 29.3. The van der Waals surface area contributed by atoms with Gasteiger partial charge in [-0.25, -0.2) is 9.97 Å². The third kappa shape index (κ3) is 5.73. The molecule has 42 heavy (non-hydrogen) atoms. The number of nitrogen functional groups attached to an aromatic ring is 1. The Hall–Kier alpha value is -2.81. The number of aliphatic hydroxyl groups excluding tert-OH is 2. The Balaban J connectivity index is 1.05. The summed E-state index contributed by atoms with van der Waals surface area (Å²) in [6.45, 7) is 13.1. The summed E-state index contributed by atoms with van der Waals surface area (Å²) in [5.41, 5.74) is 12.1. The summed E-state index contributed by atoms with van der Waals surface area (Å²) >= 11 is 0. The van der Waals surface area contributed by atoms with E-state index in [1.165, 1.54) is 48.1 Å². The molecule has 226 valence electrons. The fraction of sp³-hybridized carbons (Fsp3) is 0.618. The van der Waals surface area contributed by atoms with E-state index in [1.807, 2.05) is 16.8 Å². The summed E-state index contributed by atoms with van der Waals surface area (Å²) in [7, 11) is 0. The molecule has 3 aliphatic rings. The highest BCUT2D eigenvalue weighted by molar-refractivity contribution is 5.94. The molecule has 6 rings (SSSR count). The van der Waals surface area contributed by atoms with E-state index in [2.05, 4.69) is 67.7 Å². The van der Waals surface area contributed by atoms with Crippen molar-refractivity contribution in [3.8, 4) is 0 Å². The lowest BCUT2D eigenvalue weighted by atomic mass is 9.75. The maximum absolute atomic E-state index is 11.1. The van der Waals surface area contributed by atoms with Crippen molar-refractivity contribution in [2.45, 2.75) is 103 Å². The Morgan fingerprint density at radius 3 is 2.60 bits per heavy atom. The lowest BCUT2D eigenvalue weighted by Gasteiger charge is -2.45. The standard InChI is InChI=1S/C34H48N6O2/c1-20(2)17-39(18-23-15-29(31(42)30(23)41)40-11-10-27-32(35)36-19-37-33(27)40)26-12-21(13-26)6-9-25-14-22-7-8-24(34(3,4)5)16-28(22)38-25/h7-8,10-11,16,19-21,23,26,29-31,41-42H,6,9,12-15,17-18H2,1-5H3,(H2,35,36,37)/t21?,23-,26?,29-,30-,31+/m1/s1. The molecule has 4 N–H and O–H groups in total. The fourth-order valence-electron chi connectivity index (χ4n) is 7.42. The molecule has 1 aromatic carbocycles. The zero-order valence-corrected chi connectivity index (χ0v) is 25.9. The van der Waals surface area contributed by atoms with Crippen LogP contribution in [0.25, 0.3) is 11.0 Å². The number of rotatable bonds is 9. The molecular weight excluding hydrogens is 524 g/mol. The van der Waals surface area contributed by atoms with E-state index in [1.54, 1.807) is 0 Å². The van der Waals surface area contributed by atoms with Gasteiger partial charge in [-0.1, -0.05) is 46.8 Å². The van der Waals surface area contributed by atoms with E-state index in [9.17, 15) is 10.2 Å². The number of aromatic nitrogens is 3. The van der Waals surface area contributed by atoms with Crippen molar-refractivity contribution in [2.24, 2.45) is 22.7 Å². The molecule has 2 saturated carbocycles. The molecule has 0 radical (unpaired) electrons. The molecule has 0 spiro atoms. The maximum Gasteiger partial charge on any atom is 0.145 e. The predicted molar refractivity (Wildman–Crippen MR) is 169 cm³/mol. The third-order valence-electron chi connectivity index (χ3n) is 9.93. The molecule has 3 heterocycles. The second kappa shape index (κ2) is 11.4. The van der Waals surface area contributed by atoms with Crippen LogP contribution in [-0.4, -0.2) is 66.7 Å². The van der Waals surface area contributed by atoms with Gasteiger partial charge in [-0.05, 0) is 72.6 Å². The Kier molecular flexibility index (Phi) is 7.92. The quantitative estimate of drug-likeness (QED) is 0.315. The van der Waals surface area contributed by atoms with Gasteiger partial charge in [0.1, 0.15) is 23.9 Å². The lowest BCUT2D eigenvalue weighted by Crippen LogP contribution is -2.49. The van der Waals surface area contributed by atoms with Crippen molar-refractivity contribution in [1.82, 2.24) is 19.4 Å². The summed E-state index contributed by atoms with van der Waals surface area (Å²) in [5.74, 6) is 1.71. The Morgan fingerprint density at radius 2 is 1.86 bits per heavy atom. The van der Waals surface area contributed by atoms with Crippen LogP contribution in [0.4, 0.5) is 11.5 Å². The zero-order valence-electron chi connectivity index (χ0n) is 25.9. The van der Waals surface area contributed by atoms with Gasteiger partial charge in [-0.2, -0.15) is 0 Å². The second-order valence-electron chi connectivity index (χ2n) is 14.6. The van der Waals surface area contributed by atoms with Gasteiger partial charge >= 0.3 is 0 Å². The van der Waals surface area contributed by atoms with Gasteiger partial charge < -0.3 is 20.5 Å². The van der Waals surface area contributed by atoms with Crippen molar-refractivity contribution in [2.75, 3.05) is 18.8 Å². The Bertz CT molecular complexity index is 1450. The molecule has 2 aromatic heterocycles. The molecule has 2 aliphatic carbocycles. The van der Waals surface area contributed by atoms with Crippen LogP contribution in [-0.2, 0) is 11.8 Å². The first-order valence-corrected chi connectivity index (χ1v) is 15.8. The van der Waals surface area contributed by atoms with Gasteiger partial charge in [0.2, 0.25) is 0 Å². The first-order chi connectivity index (χ1) is 20.0. The second-order valence-corrected chi connectivity index (χ2v) is 14.6. The van der Waals surface area contributed by atoms with Crippen LogP contribution >= 0.6 is 0 Å². The van der Waals surface area contributed by atoms with E-state index < -0.39 is 12.2 Å². The molecule has 1 aliphatic heterocycles. The molecular formula is C34H48N6O2. The summed E-state index contributed by atoms with van der Waals surface area (Å²) in [6.07, 6.45) is 8.15. The molecule has 0 unspecified atom stereocenters. The van der Waals surface area contributed by atoms with Crippen LogP contribution in [0.3, 0.4) is 0 Å². The maximum atomic E-state index is 11.1.